The molecule has 0 N–H and O–H groups in total. The van der Waals surface area contributed by atoms with Crippen molar-refractivity contribution in [2.75, 3.05) is 0 Å². The Morgan fingerprint density at radius 1 is 1.10 bits per heavy atom. The minimum Gasteiger partial charge on any atom is -0.472 e. The van der Waals surface area contributed by atoms with E-state index >= 15 is 0 Å². The van der Waals surface area contributed by atoms with Crippen molar-refractivity contribution < 1.29 is 9.15 Å². The first kappa shape index (κ1) is 5.35. The van der Waals surface area contributed by atoms with Gasteiger partial charge >= 0.3 is 0 Å². The molecule has 10 heavy (non-hydrogen) atoms. The monoisotopic (exact) mass is 134 g/mol. The van der Waals surface area contributed by atoms with Crippen LogP contribution in [0.5, 0.6) is 0 Å². The van der Waals surface area contributed by atoms with Crippen molar-refractivity contribution in [2.24, 2.45) is 0 Å². The van der Waals surface area contributed by atoms with Crippen molar-refractivity contribution in [3.8, 4) is 0 Å². The molecule has 1 aromatic heterocycles. The molecule has 0 aliphatic carbocycles. The van der Waals surface area contributed by atoms with E-state index in [1.165, 1.54) is 0 Å². The summed E-state index contributed by atoms with van der Waals surface area (Å²) in [4.78, 5) is 0. The molecule has 1 aliphatic heterocycles. The SMILES string of the molecule is C1=Cc2ccoc2C=CO1. The lowest BCUT2D eigenvalue weighted by Crippen LogP contribution is -1.66. The number of furan rings is 1. The second kappa shape index (κ2) is 2.06. The third-order valence-corrected chi connectivity index (χ3v) is 1.35. The van der Waals surface area contributed by atoms with Gasteiger partial charge in [-0.3, -0.25) is 0 Å². The molecule has 2 heteroatoms. The van der Waals surface area contributed by atoms with Gasteiger partial charge in [0.25, 0.3) is 0 Å². The average Bonchev–Trinajstić information content (AvgIpc) is 2.28. The average molecular weight is 134 g/mol. The maximum atomic E-state index is 5.12. The first-order chi connectivity index (χ1) is 4.97. The Morgan fingerprint density at radius 2 is 2.00 bits per heavy atom. The summed E-state index contributed by atoms with van der Waals surface area (Å²) >= 11 is 0. The lowest BCUT2D eigenvalue weighted by atomic mass is 10.2. The van der Waals surface area contributed by atoms with Crippen LogP contribution < -0.4 is 0 Å². The van der Waals surface area contributed by atoms with Crippen molar-refractivity contribution in [2.45, 2.75) is 0 Å². The highest BCUT2D eigenvalue weighted by Crippen LogP contribution is 2.16. The predicted molar refractivity (Wildman–Crippen MR) is 37.9 cm³/mol. The highest BCUT2D eigenvalue weighted by molar-refractivity contribution is 5.61. The molecule has 0 radical (unpaired) electrons. The molecule has 0 atom stereocenters. The van der Waals surface area contributed by atoms with E-state index in [0.29, 0.717) is 0 Å². The van der Waals surface area contributed by atoms with E-state index in [4.69, 9.17) is 9.15 Å². The summed E-state index contributed by atoms with van der Waals surface area (Å²) in [7, 11) is 0. The van der Waals surface area contributed by atoms with Crippen molar-refractivity contribution in [3.63, 3.8) is 0 Å². The topological polar surface area (TPSA) is 22.4 Å². The number of rotatable bonds is 0. The Hall–Kier alpha value is -1.44. The third-order valence-electron chi connectivity index (χ3n) is 1.35. The highest BCUT2D eigenvalue weighted by atomic mass is 16.5. The molecule has 50 valence electrons. The van der Waals surface area contributed by atoms with Crippen LogP contribution in [-0.2, 0) is 4.74 Å². The molecular formula is C8H6O2. The van der Waals surface area contributed by atoms with Gasteiger partial charge in [0.05, 0.1) is 18.8 Å². The van der Waals surface area contributed by atoms with Gasteiger partial charge in [-0.15, -0.1) is 0 Å². The molecule has 0 fully saturated rings. The fraction of sp³-hybridized carbons (Fsp3) is 0. The van der Waals surface area contributed by atoms with E-state index < -0.39 is 0 Å². The van der Waals surface area contributed by atoms with Crippen LogP contribution in [0.4, 0.5) is 0 Å². The molecule has 0 amide bonds. The molecule has 0 bridgehead atoms. The Morgan fingerprint density at radius 3 is 3.00 bits per heavy atom. The molecule has 0 spiro atoms. The standard InChI is InChI=1S/C8H6O2/c1-4-9-5-3-8-7(1)2-6-10-8/h1-6H. The summed E-state index contributed by atoms with van der Waals surface area (Å²) in [5.74, 6) is 0.841. The van der Waals surface area contributed by atoms with Gasteiger partial charge in [0.15, 0.2) is 0 Å². The van der Waals surface area contributed by atoms with E-state index in [-0.39, 0.29) is 0 Å². The van der Waals surface area contributed by atoms with E-state index in [2.05, 4.69) is 0 Å². The van der Waals surface area contributed by atoms with Crippen molar-refractivity contribution in [1.82, 2.24) is 0 Å². The van der Waals surface area contributed by atoms with Gasteiger partial charge in [0, 0.05) is 11.6 Å². The normalized spacial score (nSPS) is 14.0. The molecular weight excluding hydrogens is 128 g/mol. The number of ether oxygens (including phenoxy) is 1. The molecule has 0 saturated carbocycles. The Labute approximate surface area is 58.4 Å². The molecule has 0 aromatic carbocycles. The molecule has 2 rings (SSSR count). The Balaban J connectivity index is 2.56. The molecule has 1 aromatic rings. The lowest BCUT2D eigenvalue weighted by Gasteiger charge is -1.82. The van der Waals surface area contributed by atoms with Gasteiger partial charge < -0.3 is 9.15 Å². The van der Waals surface area contributed by atoms with Crippen LogP contribution in [0.15, 0.2) is 29.3 Å². The maximum absolute atomic E-state index is 5.12. The first-order valence-electron chi connectivity index (χ1n) is 3.03. The van der Waals surface area contributed by atoms with Gasteiger partial charge in [0.2, 0.25) is 0 Å². The zero-order chi connectivity index (χ0) is 6.81. The highest BCUT2D eigenvalue weighted by Gasteiger charge is 2.00. The summed E-state index contributed by atoms with van der Waals surface area (Å²) < 4.78 is 10.0. The summed E-state index contributed by atoms with van der Waals surface area (Å²) in [5.41, 5.74) is 1.05. The fourth-order valence-corrected chi connectivity index (χ4v) is 0.863. The quantitative estimate of drug-likeness (QED) is 0.543. The maximum Gasteiger partial charge on any atom is 0.137 e. The van der Waals surface area contributed by atoms with Crippen LogP contribution in [-0.4, -0.2) is 0 Å². The van der Waals surface area contributed by atoms with Crippen LogP contribution >= 0.6 is 0 Å². The Bertz CT molecular complexity index is 255. The summed E-state index contributed by atoms with van der Waals surface area (Å²) in [6.07, 6.45) is 8.52. The smallest absolute Gasteiger partial charge is 0.137 e. The van der Waals surface area contributed by atoms with E-state index in [1.807, 2.05) is 12.1 Å². The number of hydrogen-bond donors (Lipinski definition) is 0. The van der Waals surface area contributed by atoms with Gasteiger partial charge in [-0.2, -0.15) is 0 Å². The third kappa shape index (κ3) is 0.739. The summed E-state index contributed by atoms with van der Waals surface area (Å²) in [6.45, 7) is 0. The second-order valence-electron chi connectivity index (χ2n) is 1.98. The van der Waals surface area contributed by atoms with Crippen LogP contribution in [0.25, 0.3) is 12.2 Å². The zero-order valence-corrected chi connectivity index (χ0v) is 5.28. The van der Waals surface area contributed by atoms with E-state index in [1.54, 1.807) is 24.9 Å². The number of hydrogen-bond acceptors (Lipinski definition) is 2. The minimum atomic E-state index is 0.841. The molecule has 0 saturated heterocycles. The van der Waals surface area contributed by atoms with Crippen LogP contribution in [0.3, 0.4) is 0 Å². The van der Waals surface area contributed by atoms with Gasteiger partial charge in [-0.25, -0.2) is 0 Å². The van der Waals surface area contributed by atoms with Crippen LogP contribution in [0.2, 0.25) is 0 Å². The van der Waals surface area contributed by atoms with Crippen LogP contribution in [0.1, 0.15) is 11.3 Å². The molecule has 1 aliphatic rings. The second-order valence-corrected chi connectivity index (χ2v) is 1.98. The van der Waals surface area contributed by atoms with Crippen molar-refractivity contribution in [3.05, 3.63) is 36.2 Å². The lowest BCUT2D eigenvalue weighted by molar-refractivity contribution is 0.410. The zero-order valence-electron chi connectivity index (χ0n) is 5.28. The minimum absolute atomic E-state index is 0.841. The van der Waals surface area contributed by atoms with Gasteiger partial charge in [-0.05, 0) is 12.1 Å². The number of fused-ring (bicyclic) bond motifs is 1. The van der Waals surface area contributed by atoms with Gasteiger partial charge in [0.1, 0.15) is 5.76 Å². The molecule has 2 nitrogen and oxygen atoms in total. The Kier molecular flexibility index (Phi) is 1.10. The molecule has 0 unspecified atom stereocenters. The van der Waals surface area contributed by atoms with Crippen molar-refractivity contribution in [1.29, 1.82) is 0 Å². The fourth-order valence-electron chi connectivity index (χ4n) is 0.863. The largest absolute Gasteiger partial charge is 0.472 e. The van der Waals surface area contributed by atoms with E-state index in [9.17, 15) is 0 Å². The van der Waals surface area contributed by atoms with Crippen molar-refractivity contribution >= 4 is 12.2 Å². The van der Waals surface area contributed by atoms with E-state index in [0.717, 1.165) is 11.3 Å². The predicted octanol–water partition coefficient (Wildman–Crippen LogP) is 2.25. The summed E-state index contributed by atoms with van der Waals surface area (Å²) in [6, 6.07) is 1.89. The van der Waals surface area contributed by atoms with Crippen LogP contribution in [0, 0.1) is 0 Å². The van der Waals surface area contributed by atoms with Gasteiger partial charge in [-0.1, -0.05) is 0 Å². The first-order valence-corrected chi connectivity index (χ1v) is 3.03. The summed E-state index contributed by atoms with van der Waals surface area (Å²) in [5, 5.41) is 0. The molecule has 2 heterocycles.